The molecule has 2 aromatic rings. The zero-order valence-electron chi connectivity index (χ0n) is 17.0. The third-order valence-electron chi connectivity index (χ3n) is 3.95. The van der Waals surface area contributed by atoms with Gasteiger partial charge in [0.1, 0.15) is 0 Å². The number of rotatable bonds is 3. The van der Waals surface area contributed by atoms with Crippen molar-refractivity contribution in [1.29, 1.82) is 0 Å². The van der Waals surface area contributed by atoms with Gasteiger partial charge in [-0.25, -0.2) is 9.59 Å². The largest absolute Gasteiger partial charge is 0.478 e. The first-order valence-electron chi connectivity index (χ1n) is 9.40. The number of likely N-dealkylation sites (N-methyl/N-ethyl adjacent to an activating group) is 1. The molecule has 1 unspecified atom stereocenters. The molecule has 0 amide bonds. The molecule has 0 spiro atoms. The van der Waals surface area contributed by atoms with Crippen LogP contribution >= 0.6 is 0 Å². The average Bonchev–Trinajstić information content (AvgIpc) is 2.66. The van der Waals surface area contributed by atoms with Crippen LogP contribution in [0.2, 0.25) is 0 Å². The van der Waals surface area contributed by atoms with E-state index in [4.69, 9.17) is 20.1 Å². The summed E-state index contributed by atoms with van der Waals surface area (Å²) in [7, 11) is 0. The van der Waals surface area contributed by atoms with Crippen molar-refractivity contribution in [1.82, 2.24) is 4.90 Å². The number of carboxylic acids is 2. The molecule has 1 aliphatic heterocycles. The van der Waals surface area contributed by atoms with Gasteiger partial charge in [0, 0.05) is 41.0 Å². The van der Waals surface area contributed by atoms with E-state index < -0.39 is 18.9 Å². The molecular formula is C20H22N2O4. The summed E-state index contributed by atoms with van der Waals surface area (Å²) in [6.45, 7) is -1.24. The number of anilines is 1. The summed E-state index contributed by atoms with van der Waals surface area (Å²) >= 11 is 0. The van der Waals surface area contributed by atoms with Crippen molar-refractivity contribution in [3.63, 3.8) is 0 Å². The van der Waals surface area contributed by atoms with Crippen LogP contribution < -0.4 is 5.73 Å². The highest BCUT2D eigenvalue weighted by atomic mass is 16.4. The van der Waals surface area contributed by atoms with Crippen LogP contribution in [0.3, 0.4) is 0 Å². The molecule has 0 saturated heterocycles. The molecule has 0 bridgehead atoms. The highest BCUT2D eigenvalue weighted by Crippen LogP contribution is 2.35. The Morgan fingerprint density at radius 3 is 2.35 bits per heavy atom. The Morgan fingerprint density at radius 1 is 1.12 bits per heavy atom. The Kier molecular flexibility index (Phi) is 5.14. The van der Waals surface area contributed by atoms with Crippen molar-refractivity contribution >= 4 is 17.6 Å². The zero-order valence-corrected chi connectivity index (χ0v) is 14.0. The second kappa shape index (κ2) is 8.82. The molecule has 0 fully saturated rings. The van der Waals surface area contributed by atoms with Crippen molar-refractivity contribution in [2.24, 2.45) is 0 Å². The van der Waals surface area contributed by atoms with Gasteiger partial charge in [0.25, 0.3) is 0 Å². The Bertz CT molecular complexity index is 882. The van der Waals surface area contributed by atoms with Gasteiger partial charge >= 0.3 is 11.9 Å². The first-order valence-corrected chi connectivity index (χ1v) is 7.90. The molecule has 26 heavy (non-hydrogen) atoms. The molecule has 1 atom stereocenters. The average molecular weight is 357 g/mol. The van der Waals surface area contributed by atoms with Crippen LogP contribution in [-0.4, -0.2) is 40.6 Å². The van der Waals surface area contributed by atoms with Crippen LogP contribution in [0, 0.1) is 0 Å². The molecule has 3 rings (SSSR count). The smallest absolute Gasteiger partial charge is 0.328 e. The summed E-state index contributed by atoms with van der Waals surface area (Å²) in [6.07, 6.45) is 1.12. The lowest BCUT2D eigenvalue weighted by Gasteiger charge is -2.33. The second-order valence-electron chi connectivity index (χ2n) is 5.77. The summed E-state index contributed by atoms with van der Waals surface area (Å²) in [4.78, 5) is 20.6. The lowest BCUT2D eigenvalue weighted by Crippen LogP contribution is -2.31. The minimum Gasteiger partial charge on any atom is -0.478 e. The maximum absolute atomic E-state index is 9.55. The summed E-state index contributed by atoms with van der Waals surface area (Å²) in [6, 6.07) is 15.8. The second-order valence-corrected chi connectivity index (χ2v) is 5.77. The topological polar surface area (TPSA) is 104 Å². The van der Waals surface area contributed by atoms with Gasteiger partial charge < -0.3 is 20.8 Å². The van der Waals surface area contributed by atoms with E-state index in [9.17, 15) is 9.59 Å². The molecule has 2 aromatic carbocycles. The SMILES string of the molecule is O=C(O)/C=C\C(=O)O.[2H]C([2H])([2H])N1Cc2c(N)cccc2C(c2ccccc2)C1. The third-order valence-corrected chi connectivity index (χ3v) is 3.95. The van der Waals surface area contributed by atoms with E-state index in [1.54, 1.807) is 0 Å². The number of carbonyl (C=O) groups is 2. The predicted octanol–water partition coefficient (Wildman–Crippen LogP) is 2.56. The van der Waals surface area contributed by atoms with Gasteiger partial charge in [-0.05, 0) is 29.7 Å². The lowest BCUT2D eigenvalue weighted by atomic mass is 9.84. The van der Waals surface area contributed by atoms with Crippen LogP contribution in [0.15, 0.2) is 60.7 Å². The molecule has 4 N–H and O–H groups in total. The lowest BCUT2D eigenvalue weighted by molar-refractivity contribution is -0.134. The van der Waals surface area contributed by atoms with Crippen molar-refractivity contribution in [2.45, 2.75) is 12.5 Å². The predicted molar refractivity (Wildman–Crippen MR) is 99.9 cm³/mol. The molecule has 136 valence electrons. The molecule has 6 heteroatoms. The number of hydrogen-bond donors (Lipinski definition) is 3. The number of nitrogens with two attached hydrogens (primary N) is 1. The van der Waals surface area contributed by atoms with Crippen molar-refractivity contribution < 1.29 is 23.9 Å². The van der Waals surface area contributed by atoms with Crippen LogP contribution in [0.1, 0.15) is 26.7 Å². The fraction of sp³-hybridized carbons (Fsp3) is 0.200. The Labute approximate surface area is 156 Å². The minimum atomic E-state index is -2.10. The molecule has 0 aromatic heterocycles. The van der Waals surface area contributed by atoms with Crippen LogP contribution in [0.5, 0.6) is 0 Å². The van der Waals surface area contributed by atoms with E-state index in [1.807, 2.05) is 42.5 Å². The van der Waals surface area contributed by atoms with Gasteiger partial charge in [-0.2, -0.15) is 0 Å². The van der Waals surface area contributed by atoms with Crippen molar-refractivity contribution in [2.75, 3.05) is 19.3 Å². The third kappa shape index (κ3) is 5.19. The quantitative estimate of drug-likeness (QED) is 0.576. The van der Waals surface area contributed by atoms with Gasteiger partial charge in [-0.15, -0.1) is 0 Å². The highest BCUT2D eigenvalue weighted by molar-refractivity contribution is 5.89. The number of nitrogens with zero attached hydrogens (tertiary/aromatic N) is 1. The Balaban J connectivity index is 0.000000321. The number of fused-ring (bicyclic) bond motifs is 1. The molecule has 0 saturated carbocycles. The van der Waals surface area contributed by atoms with E-state index in [0.29, 0.717) is 30.9 Å². The van der Waals surface area contributed by atoms with Crippen LogP contribution in [-0.2, 0) is 16.1 Å². The standard InChI is InChI=1S/C16H18N2.C4H4O4/c1-18-10-14(12-6-3-2-4-7-12)13-8-5-9-16(17)15(13)11-18;5-3(6)1-2-4(7)8/h2-9,14H,10-11,17H2,1H3;1-2H,(H,5,6)(H,7,8)/b;2-1-/i1D3;. The molecule has 6 nitrogen and oxygen atoms in total. The van der Waals surface area contributed by atoms with Gasteiger partial charge in [0.15, 0.2) is 0 Å². The monoisotopic (exact) mass is 357 g/mol. The van der Waals surface area contributed by atoms with Crippen molar-refractivity contribution in [3.05, 3.63) is 77.4 Å². The minimum absolute atomic E-state index is 0.0406. The summed E-state index contributed by atoms with van der Waals surface area (Å²) in [5.74, 6) is -2.47. The van der Waals surface area contributed by atoms with Crippen molar-refractivity contribution in [3.8, 4) is 0 Å². The summed E-state index contributed by atoms with van der Waals surface area (Å²) in [5.41, 5.74) is 9.95. The van der Waals surface area contributed by atoms with Gasteiger partial charge in [0.2, 0.25) is 0 Å². The highest BCUT2D eigenvalue weighted by Gasteiger charge is 2.25. The van der Waals surface area contributed by atoms with E-state index in [-0.39, 0.29) is 5.92 Å². The van der Waals surface area contributed by atoms with E-state index >= 15 is 0 Å². The van der Waals surface area contributed by atoms with Gasteiger partial charge in [0.05, 0.1) is 0 Å². The maximum Gasteiger partial charge on any atom is 0.328 e. The Morgan fingerprint density at radius 2 is 1.77 bits per heavy atom. The first kappa shape index (κ1) is 15.2. The van der Waals surface area contributed by atoms with Crippen LogP contribution in [0.25, 0.3) is 0 Å². The summed E-state index contributed by atoms with van der Waals surface area (Å²) in [5, 5.41) is 15.6. The van der Waals surface area contributed by atoms with Crippen LogP contribution in [0.4, 0.5) is 5.69 Å². The molecule has 1 aliphatic rings. The number of benzene rings is 2. The zero-order chi connectivity index (χ0) is 21.6. The Hall–Kier alpha value is -3.12. The number of nitrogen functional groups attached to an aromatic ring is 1. The fourth-order valence-corrected chi connectivity index (χ4v) is 2.82. The molecular weight excluding hydrogens is 332 g/mol. The normalized spacial score (nSPS) is 18.6. The van der Waals surface area contributed by atoms with E-state index in [1.165, 1.54) is 4.90 Å². The fourth-order valence-electron chi connectivity index (χ4n) is 2.82. The van der Waals surface area contributed by atoms with E-state index in [0.717, 1.165) is 16.7 Å². The number of hydrogen-bond acceptors (Lipinski definition) is 4. The van der Waals surface area contributed by atoms with Gasteiger partial charge in [-0.1, -0.05) is 42.5 Å². The molecule has 1 heterocycles. The van der Waals surface area contributed by atoms with Gasteiger partial charge in [-0.3, -0.25) is 0 Å². The van der Waals surface area contributed by atoms with E-state index in [2.05, 4.69) is 6.07 Å². The maximum atomic E-state index is 9.55. The first-order chi connectivity index (χ1) is 13.6. The molecule has 0 aliphatic carbocycles. The number of carboxylic acid groups (broad SMARTS) is 2. The number of aliphatic carboxylic acids is 2. The molecule has 0 radical (unpaired) electrons. The summed E-state index contributed by atoms with van der Waals surface area (Å²) < 4.78 is 23.1.